The van der Waals surface area contributed by atoms with Gasteiger partial charge in [-0.15, -0.1) is 0 Å². The first-order chi connectivity index (χ1) is 11.9. The van der Waals surface area contributed by atoms with Crippen molar-refractivity contribution in [3.63, 3.8) is 0 Å². The highest BCUT2D eigenvalue weighted by Crippen LogP contribution is 2.41. The second-order valence-electron chi connectivity index (χ2n) is 9.89. The Morgan fingerprint density at radius 1 is 0.720 bits per heavy atom. The van der Waals surface area contributed by atoms with E-state index < -0.39 is 0 Å². The van der Waals surface area contributed by atoms with Gasteiger partial charge in [-0.05, 0) is 92.9 Å². The third kappa shape index (κ3) is 5.22. The zero-order chi connectivity index (χ0) is 17.9. The first-order valence-corrected chi connectivity index (χ1v) is 10.7. The number of hydrogen-bond donors (Lipinski definition) is 0. The van der Waals surface area contributed by atoms with Gasteiger partial charge < -0.3 is 0 Å². The predicted octanol–water partition coefficient (Wildman–Crippen LogP) is 7.68. The highest BCUT2D eigenvalue weighted by Gasteiger charge is 2.29. The van der Waals surface area contributed by atoms with E-state index in [4.69, 9.17) is 0 Å². The van der Waals surface area contributed by atoms with E-state index in [9.17, 15) is 0 Å². The molecule has 138 valence electrons. The fourth-order valence-corrected chi connectivity index (χ4v) is 4.98. The van der Waals surface area contributed by atoms with Gasteiger partial charge in [0.05, 0.1) is 0 Å². The quantitative estimate of drug-likeness (QED) is 0.496. The summed E-state index contributed by atoms with van der Waals surface area (Å²) in [6.45, 7) is 9.43. The van der Waals surface area contributed by atoms with Crippen molar-refractivity contribution in [2.45, 2.75) is 85.0 Å². The van der Waals surface area contributed by atoms with Crippen LogP contribution < -0.4 is 0 Å². The van der Waals surface area contributed by atoms with E-state index in [-0.39, 0.29) is 0 Å². The molecule has 3 rings (SSSR count). The van der Waals surface area contributed by atoms with Crippen LogP contribution in [0.25, 0.3) is 0 Å². The first-order valence-electron chi connectivity index (χ1n) is 10.7. The molecule has 0 bridgehead atoms. The number of rotatable bonds is 3. The third-order valence-corrected chi connectivity index (χ3v) is 6.97. The molecule has 0 aliphatic heterocycles. The number of aryl methyl sites for hydroxylation is 1. The molecule has 2 saturated carbocycles. The zero-order valence-corrected chi connectivity index (χ0v) is 16.9. The average Bonchev–Trinajstić information content (AvgIpc) is 2.61. The normalized spacial score (nSPS) is 31.4. The molecule has 2 fully saturated rings. The Morgan fingerprint density at radius 3 is 1.68 bits per heavy atom. The first kappa shape index (κ1) is 18.7. The molecule has 0 N–H and O–H groups in total. The number of benzene rings is 1. The summed E-state index contributed by atoms with van der Waals surface area (Å²) in [4.78, 5) is 0. The molecule has 0 spiro atoms. The van der Waals surface area contributed by atoms with Crippen LogP contribution in [0.5, 0.6) is 0 Å². The van der Waals surface area contributed by atoms with Crippen LogP contribution in [0.2, 0.25) is 0 Å². The van der Waals surface area contributed by atoms with Crippen LogP contribution in [-0.4, -0.2) is 0 Å². The minimum Gasteiger partial charge on any atom is -0.0851 e. The van der Waals surface area contributed by atoms with Gasteiger partial charge in [-0.3, -0.25) is 0 Å². The molecule has 0 atom stereocenters. The van der Waals surface area contributed by atoms with Crippen molar-refractivity contribution in [1.29, 1.82) is 0 Å². The summed E-state index contributed by atoms with van der Waals surface area (Å²) in [6, 6.07) is 9.25. The van der Waals surface area contributed by atoms with Gasteiger partial charge >= 0.3 is 0 Å². The Kier molecular flexibility index (Phi) is 6.08. The van der Waals surface area contributed by atoms with Crippen LogP contribution in [-0.2, 0) is 0 Å². The Bertz CT molecular complexity index is 541. The molecule has 0 heteroatoms. The number of hydrogen-bond acceptors (Lipinski definition) is 0. The van der Waals surface area contributed by atoms with Crippen LogP contribution in [0.4, 0.5) is 0 Å². The molecule has 25 heavy (non-hydrogen) atoms. The van der Waals surface area contributed by atoms with E-state index in [1.807, 2.05) is 0 Å². The van der Waals surface area contributed by atoms with Crippen molar-refractivity contribution < 1.29 is 0 Å². The summed E-state index contributed by atoms with van der Waals surface area (Å²) in [5, 5.41) is 0. The molecular formula is C25H38. The molecule has 1 aromatic rings. The van der Waals surface area contributed by atoms with E-state index in [2.05, 4.69) is 64.1 Å². The maximum atomic E-state index is 2.59. The standard InChI is InChI=1S/C25H38/c1-19-5-13-22(14-6-19)23-15-9-20(10-16-23)7-8-21-11-17-24(18-12-21)25(2,3)4/h5-8,13-14,20-21,23-24H,9-12,15-18H2,1-4H3. The van der Waals surface area contributed by atoms with Gasteiger partial charge in [0.15, 0.2) is 0 Å². The average molecular weight is 339 g/mol. The maximum Gasteiger partial charge on any atom is -0.0162 e. The third-order valence-electron chi connectivity index (χ3n) is 6.97. The lowest BCUT2D eigenvalue weighted by atomic mass is 9.69. The molecule has 0 radical (unpaired) electrons. The van der Waals surface area contributed by atoms with E-state index >= 15 is 0 Å². The molecule has 1 aromatic carbocycles. The minimum atomic E-state index is 0.503. The molecule has 0 nitrogen and oxygen atoms in total. The van der Waals surface area contributed by atoms with Crippen molar-refractivity contribution in [2.75, 3.05) is 0 Å². The fourth-order valence-electron chi connectivity index (χ4n) is 4.98. The van der Waals surface area contributed by atoms with Crippen LogP contribution in [0.1, 0.15) is 89.2 Å². The molecule has 0 saturated heterocycles. The van der Waals surface area contributed by atoms with Crippen molar-refractivity contribution in [3.05, 3.63) is 47.5 Å². The molecule has 0 aromatic heterocycles. The summed E-state index contributed by atoms with van der Waals surface area (Å²) in [6.07, 6.45) is 16.4. The van der Waals surface area contributed by atoms with E-state index in [0.717, 1.165) is 23.7 Å². The van der Waals surface area contributed by atoms with Crippen LogP contribution in [0.15, 0.2) is 36.4 Å². The molecule has 0 amide bonds. The van der Waals surface area contributed by atoms with Crippen LogP contribution in [0, 0.1) is 30.1 Å². The van der Waals surface area contributed by atoms with Crippen molar-refractivity contribution in [1.82, 2.24) is 0 Å². The monoisotopic (exact) mass is 338 g/mol. The lowest BCUT2D eigenvalue weighted by molar-refractivity contribution is 0.162. The van der Waals surface area contributed by atoms with E-state index in [1.165, 1.54) is 56.9 Å². The van der Waals surface area contributed by atoms with Crippen LogP contribution in [0.3, 0.4) is 0 Å². The zero-order valence-electron chi connectivity index (χ0n) is 16.9. The van der Waals surface area contributed by atoms with Gasteiger partial charge in [0.25, 0.3) is 0 Å². The van der Waals surface area contributed by atoms with Crippen molar-refractivity contribution >= 4 is 0 Å². The molecular weight excluding hydrogens is 300 g/mol. The lowest BCUT2D eigenvalue weighted by Gasteiger charge is -2.36. The van der Waals surface area contributed by atoms with Gasteiger partial charge in [-0.2, -0.15) is 0 Å². The Balaban J connectivity index is 1.43. The minimum absolute atomic E-state index is 0.503. The van der Waals surface area contributed by atoms with Gasteiger partial charge in [-0.25, -0.2) is 0 Å². The smallest absolute Gasteiger partial charge is 0.0162 e. The summed E-state index contributed by atoms with van der Waals surface area (Å²) >= 11 is 0. The summed E-state index contributed by atoms with van der Waals surface area (Å²) in [5.41, 5.74) is 3.44. The molecule has 0 heterocycles. The second-order valence-corrected chi connectivity index (χ2v) is 9.89. The Hall–Kier alpha value is -1.04. The molecule has 2 aliphatic rings. The molecule has 2 aliphatic carbocycles. The fraction of sp³-hybridized carbons (Fsp3) is 0.680. The SMILES string of the molecule is Cc1ccc(C2CCC(C=CC3CCC(C(C)(C)C)CC3)CC2)cc1. The number of allylic oxidation sites excluding steroid dienone is 2. The summed E-state index contributed by atoms with van der Waals surface area (Å²) < 4.78 is 0. The lowest BCUT2D eigenvalue weighted by Crippen LogP contribution is -2.25. The van der Waals surface area contributed by atoms with Crippen molar-refractivity contribution in [3.8, 4) is 0 Å². The van der Waals surface area contributed by atoms with Gasteiger partial charge in [0.1, 0.15) is 0 Å². The Morgan fingerprint density at radius 2 is 1.20 bits per heavy atom. The Labute approximate surface area is 156 Å². The van der Waals surface area contributed by atoms with Gasteiger partial charge in [0.2, 0.25) is 0 Å². The predicted molar refractivity (Wildman–Crippen MR) is 110 cm³/mol. The summed E-state index contributed by atoms with van der Waals surface area (Å²) in [5.74, 6) is 3.42. The molecule has 0 unspecified atom stereocenters. The highest BCUT2D eigenvalue weighted by atomic mass is 14.3. The van der Waals surface area contributed by atoms with Crippen LogP contribution >= 0.6 is 0 Å². The maximum absolute atomic E-state index is 2.59. The topological polar surface area (TPSA) is 0 Å². The highest BCUT2D eigenvalue weighted by molar-refractivity contribution is 5.25. The van der Waals surface area contributed by atoms with Gasteiger partial charge in [0, 0.05) is 0 Å². The largest absolute Gasteiger partial charge is 0.0851 e. The van der Waals surface area contributed by atoms with E-state index in [0.29, 0.717) is 5.41 Å². The van der Waals surface area contributed by atoms with E-state index in [1.54, 1.807) is 5.56 Å². The summed E-state index contributed by atoms with van der Waals surface area (Å²) in [7, 11) is 0. The second kappa shape index (κ2) is 8.11. The van der Waals surface area contributed by atoms with Gasteiger partial charge in [-0.1, -0.05) is 62.8 Å². The van der Waals surface area contributed by atoms with Crippen molar-refractivity contribution in [2.24, 2.45) is 23.2 Å².